The monoisotopic (exact) mass is 221 g/mol. The van der Waals surface area contributed by atoms with Crippen LogP contribution >= 0.6 is 0 Å². The predicted molar refractivity (Wildman–Crippen MR) is 64.1 cm³/mol. The van der Waals surface area contributed by atoms with Crippen LogP contribution in [-0.2, 0) is 0 Å². The van der Waals surface area contributed by atoms with Crippen LogP contribution in [0.2, 0.25) is 0 Å². The van der Waals surface area contributed by atoms with Crippen molar-refractivity contribution in [2.24, 2.45) is 5.92 Å². The molecule has 1 aromatic carbocycles. The van der Waals surface area contributed by atoms with Gasteiger partial charge in [-0.05, 0) is 24.9 Å². The number of methoxy groups -OCH3 is 2. The van der Waals surface area contributed by atoms with E-state index < -0.39 is 0 Å². The van der Waals surface area contributed by atoms with E-state index in [2.05, 4.69) is 18.3 Å². The second-order valence-electron chi connectivity index (χ2n) is 4.41. The Balaban J connectivity index is 2.26. The largest absolute Gasteiger partial charge is 0.497 e. The fourth-order valence-corrected chi connectivity index (χ4v) is 2.26. The van der Waals surface area contributed by atoms with Crippen molar-refractivity contribution >= 4 is 0 Å². The SMILES string of the molecule is COc1ccc([C@H]2C[C@H](C)CN2)c(OC)c1. The summed E-state index contributed by atoms with van der Waals surface area (Å²) in [5, 5.41) is 3.51. The number of hydrogen-bond donors (Lipinski definition) is 1. The first-order chi connectivity index (χ1) is 7.74. The summed E-state index contributed by atoms with van der Waals surface area (Å²) in [4.78, 5) is 0. The Morgan fingerprint density at radius 2 is 2.06 bits per heavy atom. The van der Waals surface area contributed by atoms with Gasteiger partial charge >= 0.3 is 0 Å². The smallest absolute Gasteiger partial charge is 0.127 e. The average Bonchev–Trinajstić information content (AvgIpc) is 2.74. The first-order valence-corrected chi connectivity index (χ1v) is 5.70. The molecule has 0 radical (unpaired) electrons. The fraction of sp³-hybridized carbons (Fsp3) is 0.538. The van der Waals surface area contributed by atoms with Gasteiger partial charge in [-0.3, -0.25) is 0 Å². The summed E-state index contributed by atoms with van der Waals surface area (Å²) >= 11 is 0. The lowest BCUT2D eigenvalue weighted by Crippen LogP contribution is -2.14. The third-order valence-corrected chi connectivity index (χ3v) is 3.17. The maximum Gasteiger partial charge on any atom is 0.127 e. The summed E-state index contributed by atoms with van der Waals surface area (Å²) in [5.74, 6) is 2.48. The van der Waals surface area contributed by atoms with Crippen molar-refractivity contribution < 1.29 is 9.47 Å². The number of rotatable bonds is 3. The number of hydrogen-bond acceptors (Lipinski definition) is 3. The Bertz CT molecular complexity index is 365. The van der Waals surface area contributed by atoms with Gasteiger partial charge in [0.25, 0.3) is 0 Å². The van der Waals surface area contributed by atoms with Crippen molar-refractivity contribution in [1.29, 1.82) is 0 Å². The standard InChI is InChI=1S/C13H19NO2/c1-9-6-12(14-8-9)11-5-4-10(15-2)7-13(11)16-3/h4-5,7,9,12,14H,6,8H2,1-3H3/t9-,12+/m0/s1. The van der Waals surface area contributed by atoms with Gasteiger partial charge in [-0.1, -0.05) is 13.0 Å². The zero-order valence-electron chi connectivity index (χ0n) is 10.1. The molecule has 2 rings (SSSR count). The Hall–Kier alpha value is -1.22. The third kappa shape index (κ3) is 2.14. The molecule has 2 atom stereocenters. The molecular weight excluding hydrogens is 202 g/mol. The summed E-state index contributed by atoms with van der Waals surface area (Å²) in [6.07, 6.45) is 1.17. The lowest BCUT2D eigenvalue weighted by Gasteiger charge is -2.16. The van der Waals surface area contributed by atoms with Gasteiger partial charge in [0.1, 0.15) is 11.5 Å². The number of benzene rings is 1. The Morgan fingerprint density at radius 3 is 2.62 bits per heavy atom. The molecule has 1 aromatic rings. The van der Waals surface area contributed by atoms with Gasteiger partial charge in [0.15, 0.2) is 0 Å². The molecule has 1 aliphatic heterocycles. The summed E-state index contributed by atoms with van der Waals surface area (Å²) in [7, 11) is 3.38. The molecule has 0 aromatic heterocycles. The third-order valence-electron chi connectivity index (χ3n) is 3.17. The fourth-order valence-electron chi connectivity index (χ4n) is 2.26. The molecule has 0 aliphatic carbocycles. The van der Waals surface area contributed by atoms with E-state index in [9.17, 15) is 0 Å². The highest BCUT2D eigenvalue weighted by Gasteiger charge is 2.24. The van der Waals surface area contributed by atoms with Crippen LogP contribution in [0.15, 0.2) is 18.2 Å². The molecule has 16 heavy (non-hydrogen) atoms. The summed E-state index contributed by atoms with van der Waals surface area (Å²) in [6.45, 7) is 3.35. The van der Waals surface area contributed by atoms with Crippen LogP contribution in [0.1, 0.15) is 24.9 Å². The van der Waals surface area contributed by atoms with Crippen LogP contribution in [0.25, 0.3) is 0 Å². The first-order valence-electron chi connectivity index (χ1n) is 5.70. The van der Waals surface area contributed by atoms with E-state index in [1.165, 1.54) is 12.0 Å². The predicted octanol–water partition coefficient (Wildman–Crippen LogP) is 2.37. The summed E-state index contributed by atoms with van der Waals surface area (Å²) in [5.41, 5.74) is 1.23. The Labute approximate surface area is 96.8 Å². The van der Waals surface area contributed by atoms with Crippen LogP contribution in [0.3, 0.4) is 0 Å². The van der Waals surface area contributed by atoms with Gasteiger partial charge in [0.05, 0.1) is 14.2 Å². The topological polar surface area (TPSA) is 30.5 Å². The van der Waals surface area contributed by atoms with Crippen molar-refractivity contribution in [2.45, 2.75) is 19.4 Å². The quantitative estimate of drug-likeness (QED) is 0.850. The van der Waals surface area contributed by atoms with E-state index in [-0.39, 0.29) is 0 Å². The van der Waals surface area contributed by atoms with Crippen LogP contribution in [0.5, 0.6) is 11.5 Å². The van der Waals surface area contributed by atoms with E-state index in [0.29, 0.717) is 6.04 Å². The van der Waals surface area contributed by atoms with Crippen LogP contribution in [0.4, 0.5) is 0 Å². The molecule has 88 valence electrons. The molecule has 1 N–H and O–H groups in total. The van der Waals surface area contributed by atoms with E-state index in [1.807, 2.05) is 12.1 Å². The molecule has 0 unspecified atom stereocenters. The van der Waals surface area contributed by atoms with Gasteiger partial charge < -0.3 is 14.8 Å². The minimum atomic E-state index is 0.413. The van der Waals surface area contributed by atoms with Gasteiger partial charge in [-0.15, -0.1) is 0 Å². The molecule has 0 amide bonds. The van der Waals surface area contributed by atoms with E-state index in [1.54, 1.807) is 14.2 Å². The summed E-state index contributed by atoms with van der Waals surface area (Å²) < 4.78 is 10.6. The molecule has 0 spiro atoms. The Kier molecular flexibility index (Phi) is 3.34. The second-order valence-corrected chi connectivity index (χ2v) is 4.41. The van der Waals surface area contributed by atoms with E-state index in [4.69, 9.17) is 9.47 Å². The van der Waals surface area contributed by atoms with Crippen LogP contribution < -0.4 is 14.8 Å². The van der Waals surface area contributed by atoms with Gasteiger partial charge in [-0.25, -0.2) is 0 Å². The molecule has 3 nitrogen and oxygen atoms in total. The molecule has 1 aliphatic rings. The number of ether oxygens (including phenoxy) is 2. The molecule has 1 heterocycles. The Morgan fingerprint density at radius 1 is 1.25 bits per heavy atom. The van der Waals surface area contributed by atoms with E-state index in [0.717, 1.165) is 24.0 Å². The van der Waals surface area contributed by atoms with E-state index >= 15 is 0 Å². The second kappa shape index (κ2) is 4.74. The first kappa shape index (κ1) is 11.3. The lowest BCUT2D eigenvalue weighted by molar-refractivity contribution is 0.386. The van der Waals surface area contributed by atoms with Crippen molar-refractivity contribution in [3.63, 3.8) is 0 Å². The van der Waals surface area contributed by atoms with Gasteiger partial charge in [-0.2, -0.15) is 0 Å². The lowest BCUT2D eigenvalue weighted by atomic mass is 10.0. The molecule has 0 bridgehead atoms. The normalized spacial score (nSPS) is 24.4. The van der Waals surface area contributed by atoms with Crippen molar-refractivity contribution in [1.82, 2.24) is 5.32 Å². The van der Waals surface area contributed by atoms with Gasteiger partial charge in [0, 0.05) is 17.7 Å². The highest BCUT2D eigenvalue weighted by atomic mass is 16.5. The van der Waals surface area contributed by atoms with Crippen molar-refractivity contribution in [2.75, 3.05) is 20.8 Å². The maximum absolute atomic E-state index is 5.42. The molecule has 0 saturated carbocycles. The average molecular weight is 221 g/mol. The van der Waals surface area contributed by atoms with Crippen molar-refractivity contribution in [3.8, 4) is 11.5 Å². The van der Waals surface area contributed by atoms with Crippen LogP contribution in [0, 0.1) is 5.92 Å². The zero-order chi connectivity index (χ0) is 11.5. The summed E-state index contributed by atoms with van der Waals surface area (Å²) in [6, 6.07) is 6.44. The van der Waals surface area contributed by atoms with Crippen LogP contribution in [-0.4, -0.2) is 20.8 Å². The molecule has 1 saturated heterocycles. The molecule has 3 heteroatoms. The number of nitrogens with one attached hydrogen (secondary N) is 1. The van der Waals surface area contributed by atoms with Crippen molar-refractivity contribution in [3.05, 3.63) is 23.8 Å². The molecular formula is C13H19NO2. The minimum Gasteiger partial charge on any atom is -0.497 e. The highest BCUT2D eigenvalue weighted by molar-refractivity contribution is 5.42. The minimum absolute atomic E-state index is 0.413. The highest BCUT2D eigenvalue weighted by Crippen LogP contribution is 2.34. The van der Waals surface area contributed by atoms with Gasteiger partial charge in [0.2, 0.25) is 0 Å². The maximum atomic E-state index is 5.42. The zero-order valence-corrected chi connectivity index (χ0v) is 10.1. The molecule has 1 fully saturated rings.